The number of amides is 1. The van der Waals surface area contributed by atoms with Crippen LogP contribution in [0.1, 0.15) is 15.9 Å². The Labute approximate surface area is 169 Å². The van der Waals surface area contributed by atoms with E-state index in [-0.39, 0.29) is 12.5 Å². The molecule has 0 N–H and O–H groups in total. The lowest BCUT2D eigenvalue weighted by Gasteiger charge is -2.17. The lowest BCUT2D eigenvalue weighted by molar-refractivity contribution is -0.133. The van der Waals surface area contributed by atoms with Gasteiger partial charge >= 0.3 is 5.97 Å². The molecule has 6 nitrogen and oxygen atoms in total. The summed E-state index contributed by atoms with van der Waals surface area (Å²) in [6.07, 6.45) is 0. The van der Waals surface area contributed by atoms with Crippen LogP contribution in [0.5, 0.6) is 11.5 Å². The molecule has 3 aromatic carbocycles. The number of likely N-dealkylation sites (N-methyl/N-ethyl adjacent to an activating group) is 1. The van der Waals surface area contributed by atoms with Gasteiger partial charge in [0.05, 0.1) is 19.8 Å². The van der Waals surface area contributed by atoms with Crippen molar-refractivity contribution in [2.24, 2.45) is 0 Å². The van der Waals surface area contributed by atoms with Crippen LogP contribution in [-0.4, -0.2) is 44.7 Å². The minimum Gasteiger partial charge on any atom is -0.497 e. The lowest BCUT2D eigenvalue weighted by atomic mass is 10.1. The van der Waals surface area contributed by atoms with Crippen molar-refractivity contribution in [3.05, 3.63) is 71.8 Å². The van der Waals surface area contributed by atoms with Gasteiger partial charge < -0.3 is 19.1 Å². The monoisotopic (exact) mass is 393 g/mol. The molecule has 0 saturated heterocycles. The van der Waals surface area contributed by atoms with Gasteiger partial charge in [-0.15, -0.1) is 0 Å². The van der Waals surface area contributed by atoms with E-state index in [2.05, 4.69) is 0 Å². The molecule has 0 spiro atoms. The molecule has 3 rings (SSSR count). The number of fused-ring (bicyclic) bond motifs is 1. The summed E-state index contributed by atoms with van der Waals surface area (Å²) in [5, 5.41) is 2.13. The average molecular weight is 393 g/mol. The van der Waals surface area contributed by atoms with Gasteiger partial charge in [0, 0.05) is 13.6 Å². The van der Waals surface area contributed by atoms with Crippen molar-refractivity contribution in [1.29, 1.82) is 0 Å². The Morgan fingerprint density at radius 3 is 2.14 bits per heavy atom. The predicted molar refractivity (Wildman–Crippen MR) is 110 cm³/mol. The van der Waals surface area contributed by atoms with Gasteiger partial charge in [-0.25, -0.2) is 4.79 Å². The molecule has 1 amide bonds. The maximum atomic E-state index is 12.3. The molecule has 0 atom stereocenters. The number of benzene rings is 3. The third-order valence-corrected chi connectivity index (χ3v) is 4.61. The summed E-state index contributed by atoms with van der Waals surface area (Å²) in [4.78, 5) is 26.0. The Morgan fingerprint density at radius 1 is 0.828 bits per heavy atom. The smallest absolute Gasteiger partial charge is 0.338 e. The molecule has 0 unspecified atom stereocenters. The van der Waals surface area contributed by atoms with Gasteiger partial charge in [0.15, 0.2) is 6.61 Å². The third kappa shape index (κ3) is 5.04. The maximum Gasteiger partial charge on any atom is 0.338 e. The van der Waals surface area contributed by atoms with Gasteiger partial charge in [-0.05, 0) is 58.8 Å². The molecule has 0 heterocycles. The van der Waals surface area contributed by atoms with E-state index in [1.165, 1.54) is 4.90 Å². The molecule has 0 aliphatic rings. The first-order valence-corrected chi connectivity index (χ1v) is 9.12. The molecular formula is C23H23NO5. The fourth-order valence-corrected chi connectivity index (χ4v) is 2.91. The molecular weight excluding hydrogens is 370 g/mol. The fourth-order valence-electron chi connectivity index (χ4n) is 2.91. The zero-order valence-electron chi connectivity index (χ0n) is 16.7. The van der Waals surface area contributed by atoms with E-state index in [0.29, 0.717) is 17.9 Å². The summed E-state index contributed by atoms with van der Waals surface area (Å²) >= 11 is 0. The number of carbonyl (C=O) groups excluding carboxylic acids is 2. The van der Waals surface area contributed by atoms with E-state index in [1.807, 2.05) is 36.4 Å². The molecule has 0 fully saturated rings. The second-order valence-corrected chi connectivity index (χ2v) is 6.60. The van der Waals surface area contributed by atoms with Crippen LogP contribution < -0.4 is 9.47 Å². The molecule has 150 valence electrons. The average Bonchev–Trinajstić information content (AvgIpc) is 2.76. The Morgan fingerprint density at radius 2 is 1.45 bits per heavy atom. The second-order valence-electron chi connectivity index (χ2n) is 6.60. The summed E-state index contributed by atoms with van der Waals surface area (Å²) in [6.45, 7) is 0.104. The van der Waals surface area contributed by atoms with E-state index in [4.69, 9.17) is 14.2 Å². The Bertz CT molecular complexity index is 1010. The summed E-state index contributed by atoms with van der Waals surface area (Å²) < 4.78 is 15.4. The van der Waals surface area contributed by atoms with Crippen molar-refractivity contribution in [3.63, 3.8) is 0 Å². The summed E-state index contributed by atoms with van der Waals surface area (Å²) in [5.41, 5.74) is 1.35. The van der Waals surface area contributed by atoms with Crippen LogP contribution in [-0.2, 0) is 16.1 Å². The summed E-state index contributed by atoms with van der Waals surface area (Å²) in [6, 6.07) is 18.4. The molecule has 0 aliphatic carbocycles. The van der Waals surface area contributed by atoms with Crippen LogP contribution in [0.2, 0.25) is 0 Å². The Balaban J connectivity index is 1.57. The largest absolute Gasteiger partial charge is 0.497 e. The normalized spacial score (nSPS) is 10.4. The second kappa shape index (κ2) is 9.10. The van der Waals surface area contributed by atoms with Crippen molar-refractivity contribution >= 4 is 22.6 Å². The molecule has 0 radical (unpaired) electrons. The Hall–Kier alpha value is -3.54. The molecule has 0 aromatic heterocycles. The number of hydrogen-bond donors (Lipinski definition) is 0. The molecule has 29 heavy (non-hydrogen) atoms. The molecule has 0 aliphatic heterocycles. The van der Waals surface area contributed by atoms with Crippen LogP contribution in [0.25, 0.3) is 10.8 Å². The quantitative estimate of drug-likeness (QED) is 0.573. The van der Waals surface area contributed by atoms with Crippen LogP contribution in [0.3, 0.4) is 0 Å². The third-order valence-electron chi connectivity index (χ3n) is 4.61. The fraction of sp³-hybridized carbons (Fsp3) is 0.217. The van der Waals surface area contributed by atoms with Crippen molar-refractivity contribution in [2.45, 2.75) is 6.54 Å². The first kappa shape index (κ1) is 20.2. The first-order valence-electron chi connectivity index (χ1n) is 9.12. The van der Waals surface area contributed by atoms with Crippen LogP contribution in [0.4, 0.5) is 0 Å². The number of rotatable bonds is 7. The number of ether oxygens (including phenoxy) is 3. The molecule has 3 aromatic rings. The highest BCUT2D eigenvalue weighted by atomic mass is 16.5. The number of methoxy groups -OCH3 is 2. The number of esters is 1. The first-order chi connectivity index (χ1) is 14.0. The van der Waals surface area contributed by atoms with Crippen molar-refractivity contribution in [3.8, 4) is 11.5 Å². The number of hydrogen-bond acceptors (Lipinski definition) is 5. The standard InChI is InChI=1S/C23H23NO5/c1-24(14-16-4-5-19-13-21(28-3)11-8-18(19)12-16)22(25)15-29-23(26)17-6-9-20(27-2)10-7-17/h4-13H,14-15H2,1-3H3. The van der Waals surface area contributed by atoms with Gasteiger partial charge in [0.25, 0.3) is 5.91 Å². The molecule has 6 heteroatoms. The van der Waals surface area contributed by atoms with Gasteiger partial charge in [-0.2, -0.15) is 0 Å². The van der Waals surface area contributed by atoms with Crippen LogP contribution >= 0.6 is 0 Å². The maximum absolute atomic E-state index is 12.3. The van der Waals surface area contributed by atoms with E-state index < -0.39 is 5.97 Å². The van der Waals surface area contributed by atoms with E-state index in [1.54, 1.807) is 45.5 Å². The van der Waals surface area contributed by atoms with Gasteiger partial charge in [-0.1, -0.05) is 18.2 Å². The zero-order chi connectivity index (χ0) is 20.8. The van der Waals surface area contributed by atoms with E-state index in [0.717, 1.165) is 22.1 Å². The molecule has 0 saturated carbocycles. The number of carbonyl (C=O) groups is 2. The highest BCUT2D eigenvalue weighted by Gasteiger charge is 2.14. The summed E-state index contributed by atoms with van der Waals surface area (Å²) in [5.74, 6) is 0.623. The zero-order valence-corrected chi connectivity index (χ0v) is 16.7. The van der Waals surface area contributed by atoms with Crippen molar-refractivity contribution in [2.75, 3.05) is 27.9 Å². The minimum atomic E-state index is -0.547. The highest BCUT2D eigenvalue weighted by Crippen LogP contribution is 2.22. The van der Waals surface area contributed by atoms with Gasteiger partial charge in [-0.3, -0.25) is 4.79 Å². The lowest BCUT2D eigenvalue weighted by Crippen LogP contribution is -2.30. The molecule has 0 bridgehead atoms. The minimum absolute atomic E-state index is 0.276. The topological polar surface area (TPSA) is 65.1 Å². The van der Waals surface area contributed by atoms with Crippen LogP contribution in [0.15, 0.2) is 60.7 Å². The van der Waals surface area contributed by atoms with Crippen molar-refractivity contribution in [1.82, 2.24) is 4.90 Å². The Kier molecular flexibility index (Phi) is 6.34. The van der Waals surface area contributed by atoms with Gasteiger partial charge in [0.1, 0.15) is 11.5 Å². The SMILES string of the molecule is COc1ccc(C(=O)OCC(=O)N(C)Cc2ccc3cc(OC)ccc3c2)cc1. The highest BCUT2D eigenvalue weighted by molar-refractivity contribution is 5.91. The number of nitrogens with zero attached hydrogens (tertiary/aromatic N) is 1. The predicted octanol–water partition coefficient (Wildman–Crippen LogP) is 3.67. The van der Waals surface area contributed by atoms with Crippen molar-refractivity contribution < 1.29 is 23.8 Å². The van der Waals surface area contributed by atoms with E-state index >= 15 is 0 Å². The van der Waals surface area contributed by atoms with Crippen LogP contribution in [0, 0.1) is 0 Å². The van der Waals surface area contributed by atoms with E-state index in [9.17, 15) is 9.59 Å². The van der Waals surface area contributed by atoms with Gasteiger partial charge in [0.2, 0.25) is 0 Å². The summed E-state index contributed by atoms with van der Waals surface area (Å²) in [7, 11) is 4.87.